The average molecular weight is 289 g/mol. The summed E-state index contributed by atoms with van der Waals surface area (Å²) in [5.74, 6) is 0. The number of pyridine rings is 1. The van der Waals surface area contributed by atoms with E-state index in [4.69, 9.17) is 0 Å². The molecule has 0 aliphatic heterocycles. The van der Waals surface area contributed by atoms with Crippen LogP contribution in [-0.2, 0) is 6.42 Å². The molecule has 0 saturated heterocycles. The van der Waals surface area contributed by atoms with Gasteiger partial charge in [-0.25, -0.2) is 0 Å². The highest BCUT2D eigenvalue weighted by Gasteiger charge is 2.14. The highest BCUT2D eigenvalue weighted by atomic mass is 15.2. The summed E-state index contributed by atoms with van der Waals surface area (Å²) in [6.07, 6.45) is 2.87. The Kier molecular flexibility index (Phi) is 2.73. The van der Waals surface area contributed by atoms with E-state index in [0.717, 1.165) is 23.0 Å². The Balaban J connectivity index is 2.11. The molecule has 0 radical (unpaired) electrons. The molecule has 0 N–H and O–H groups in total. The van der Waals surface area contributed by atoms with Crippen molar-refractivity contribution < 1.29 is 0 Å². The van der Waals surface area contributed by atoms with Crippen LogP contribution in [0, 0.1) is 5.41 Å². The van der Waals surface area contributed by atoms with Crippen molar-refractivity contribution in [1.82, 2.24) is 14.6 Å². The number of benzene rings is 2. The fraction of sp³-hybridized carbons (Fsp3) is 0.263. The van der Waals surface area contributed by atoms with E-state index in [1.807, 2.05) is 0 Å². The molecule has 3 nitrogen and oxygen atoms in total. The smallest absolute Gasteiger partial charge is 0.168 e. The number of aromatic nitrogens is 3. The van der Waals surface area contributed by atoms with E-state index < -0.39 is 0 Å². The second kappa shape index (κ2) is 4.54. The summed E-state index contributed by atoms with van der Waals surface area (Å²) < 4.78 is 2.08. The molecule has 3 heteroatoms. The number of rotatable bonds is 1. The molecule has 0 atom stereocenters. The molecule has 0 spiro atoms. The molecule has 0 bridgehead atoms. The Morgan fingerprint density at radius 3 is 2.50 bits per heavy atom. The molecular weight excluding hydrogens is 270 g/mol. The van der Waals surface area contributed by atoms with E-state index in [1.54, 1.807) is 6.33 Å². The molecule has 0 unspecified atom stereocenters. The number of hydrogen-bond donors (Lipinski definition) is 0. The first-order valence-electron chi connectivity index (χ1n) is 7.66. The largest absolute Gasteiger partial charge is 0.281 e. The van der Waals surface area contributed by atoms with Gasteiger partial charge < -0.3 is 0 Å². The van der Waals surface area contributed by atoms with Crippen LogP contribution in [0.2, 0.25) is 0 Å². The van der Waals surface area contributed by atoms with Crippen LogP contribution in [0.25, 0.3) is 27.3 Å². The third-order valence-electron chi connectivity index (χ3n) is 4.06. The van der Waals surface area contributed by atoms with Gasteiger partial charge in [-0.1, -0.05) is 51.1 Å². The van der Waals surface area contributed by atoms with Crippen molar-refractivity contribution in [1.29, 1.82) is 0 Å². The number of nitrogens with zero attached hydrogens (tertiary/aromatic N) is 3. The van der Waals surface area contributed by atoms with Gasteiger partial charge in [-0.05, 0) is 34.9 Å². The van der Waals surface area contributed by atoms with Gasteiger partial charge in [-0.3, -0.25) is 4.40 Å². The lowest BCUT2D eigenvalue weighted by atomic mass is 9.87. The van der Waals surface area contributed by atoms with Crippen molar-refractivity contribution in [3.8, 4) is 0 Å². The van der Waals surface area contributed by atoms with Crippen molar-refractivity contribution in [2.75, 3.05) is 0 Å². The fourth-order valence-corrected chi connectivity index (χ4v) is 3.24. The Bertz CT molecular complexity index is 990. The molecule has 4 aromatic rings. The van der Waals surface area contributed by atoms with Crippen LogP contribution in [0.15, 0.2) is 48.8 Å². The van der Waals surface area contributed by atoms with Crippen LogP contribution in [0.5, 0.6) is 0 Å². The van der Waals surface area contributed by atoms with Crippen LogP contribution in [0.1, 0.15) is 26.3 Å². The summed E-state index contributed by atoms with van der Waals surface area (Å²) >= 11 is 0. The van der Waals surface area contributed by atoms with E-state index in [0.29, 0.717) is 0 Å². The molecule has 0 amide bonds. The second-order valence-electron chi connectivity index (χ2n) is 7.16. The zero-order valence-electron chi connectivity index (χ0n) is 13.2. The van der Waals surface area contributed by atoms with Gasteiger partial charge >= 0.3 is 0 Å². The first kappa shape index (κ1) is 13.3. The van der Waals surface area contributed by atoms with E-state index in [9.17, 15) is 0 Å². The summed E-state index contributed by atoms with van der Waals surface area (Å²) in [6, 6.07) is 15.2. The van der Waals surface area contributed by atoms with Gasteiger partial charge in [-0.2, -0.15) is 0 Å². The quantitative estimate of drug-likeness (QED) is 0.478. The molecule has 0 aliphatic carbocycles. The Labute approximate surface area is 129 Å². The van der Waals surface area contributed by atoms with Gasteiger partial charge in [0.2, 0.25) is 0 Å². The SMILES string of the molecule is CC(C)(C)Cc1ccc2c(c1)c1ccccc1c1nncn21. The van der Waals surface area contributed by atoms with Crippen molar-refractivity contribution in [2.45, 2.75) is 27.2 Å². The number of hydrogen-bond acceptors (Lipinski definition) is 2. The van der Waals surface area contributed by atoms with Gasteiger partial charge in [0.25, 0.3) is 0 Å². The van der Waals surface area contributed by atoms with Crippen LogP contribution in [0.4, 0.5) is 0 Å². The zero-order chi connectivity index (χ0) is 15.3. The van der Waals surface area contributed by atoms with Crippen molar-refractivity contribution in [3.63, 3.8) is 0 Å². The molecule has 110 valence electrons. The van der Waals surface area contributed by atoms with Gasteiger partial charge in [0.05, 0.1) is 5.52 Å². The molecule has 4 rings (SSSR count). The Morgan fingerprint density at radius 2 is 1.73 bits per heavy atom. The minimum atomic E-state index is 0.282. The van der Waals surface area contributed by atoms with Gasteiger partial charge in [-0.15, -0.1) is 10.2 Å². The Morgan fingerprint density at radius 1 is 0.955 bits per heavy atom. The maximum absolute atomic E-state index is 4.29. The molecule has 0 aliphatic rings. The zero-order valence-corrected chi connectivity index (χ0v) is 13.2. The summed E-state index contributed by atoms with van der Waals surface area (Å²) in [5, 5.41) is 12.1. The second-order valence-corrected chi connectivity index (χ2v) is 7.16. The summed E-state index contributed by atoms with van der Waals surface area (Å²) in [4.78, 5) is 0. The first-order chi connectivity index (χ1) is 10.5. The first-order valence-corrected chi connectivity index (χ1v) is 7.66. The van der Waals surface area contributed by atoms with Gasteiger partial charge in [0, 0.05) is 10.8 Å². The monoisotopic (exact) mass is 289 g/mol. The molecule has 2 aromatic heterocycles. The van der Waals surface area contributed by atoms with E-state index >= 15 is 0 Å². The predicted molar refractivity (Wildman–Crippen MR) is 91.2 cm³/mol. The van der Waals surface area contributed by atoms with Gasteiger partial charge in [0.15, 0.2) is 5.65 Å². The van der Waals surface area contributed by atoms with Crippen LogP contribution < -0.4 is 0 Å². The lowest BCUT2D eigenvalue weighted by Crippen LogP contribution is -2.09. The Hall–Kier alpha value is -2.42. The van der Waals surface area contributed by atoms with Gasteiger partial charge in [0.1, 0.15) is 6.33 Å². The normalized spacial score (nSPS) is 12.5. The maximum Gasteiger partial charge on any atom is 0.168 e. The summed E-state index contributed by atoms with van der Waals surface area (Å²) in [7, 11) is 0. The maximum atomic E-state index is 4.29. The highest BCUT2D eigenvalue weighted by Crippen LogP contribution is 2.30. The van der Waals surface area contributed by atoms with Crippen molar-refractivity contribution in [3.05, 3.63) is 54.4 Å². The molecule has 0 saturated carbocycles. The molecular formula is C19H19N3. The van der Waals surface area contributed by atoms with Crippen molar-refractivity contribution >= 4 is 27.3 Å². The molecule has 2 aromatic carbocycles. The van der Waals surface area contributed by atoms with E-state index in [2.05, 4.69) is 77.8 Å². The number of fused-ring (bicyclic) bond motifs is 6. The molecule has 2 heterocycles. The van der Waals surface area contributed by atoms with Crippen LogP contribution >= 0.6 is 0 Å². The van der Waals surface area contributed by atoms with Crippen molar-refractivity contribution in [2.24, 2.45) is 5.41 Å². The lowest BCUT2D eigenvalue weighted by molar-refractivity contribution is 0.411. The van der Waals surface area contributed by atoms with Crippen LogP contribution in [0.3, 0.4) is 0 Å². The molecule has 22 heavy (non-hydrogen) atoms. The molecule has 0 fully saturated rings. The third kappa shape index (κ3) is 2.05. The van der Waals surface area contributed by atoms with Crippen LogP contribution in [-0.4, -0.2) is 14.6 Å². The standard InChI is InChI=1S/C19H19N3/c1-19(2,3)11-13-8-9-17-16(10-13)14-6-4-5-7-15(14)18-21-20-12-22(17)18/h4-10,12H,11H2,1-3H3. The fourth-order valence-electron chi connectivity index (χ4n) is 3.24. The van der Waals surface area contributed by atoms with E-state index in [1.165, 1.54) is 16.3 Å². The third-order valence-corrected chi connectivity index (χ3v) is 4.06. The topological polar surface area (TPSA) is 30.2 Å². The predicted octanol–water partition coefficient (Wildman–Crippen LogP) is 4.62. The summed E-state index contributed by atoms with van der Waals surface area (Å²) in [6.45, 7) is 6.83. The minimum Gasteiger partial charge on any atom is -0.281 e. The van der Waals surface area contributed by atoms with E-state index in [-0.39, 0.29) is 5.41 Å². The lowest BCUT2D eigenvalue weighted by Gasteiger charge is -2.18. The average Bonchev–Trinajstić information content (AvgIpc) is 2.95. The highest BCUT2D eigenvalue weighted by molar-refractivity contribution is 6.11. The summed E-state index contributed by atoms with van der Waals surface area (Å²) in [5.41, 5.74) is 3.74. The minimum absolute atomic E-state index is 0.282.